The second kappa shape index (κ2) is 9.78. The lowest BCUT2D eigenvalue weighted by atomic mass is 9.95. The van der Waals surface area contributed by atoms with Crippen LogP contribution in [0.3, 0.4) is 0 Å². The number of aliphatic hydroxyl groups is 1. The second-order valence-electron chi connectivity index (χ2n) is 9.19. The number of hydrogen-bond acceptors (Lipinski definition) is 5. The van der Waals surface area contributed by atoms with Crippen molar-refractivity contribution in [1.29, 1.82) is 0 Å². The summed E-state index contributed by atoms with van der Waals surface area (Å²) in [6, 6.07) is 6.40. The number of hydrogen-bond donors (Lipinski definition) is 3. The van der Waals surface area contributed by atoms with Gasteiger partial charge in [0.15, 0.2) is 0 Å². The van der Waals surface area contributed by atoms with E-state index < -0.39 is 52.4 Å². The van der Waals surface area contributed by atoms with Crippen molar-refractivity contribution in [3.8, 4) is 5.75 Å². The first kappa shape index (κ1) is 26.9. The first-order valence-corrected chi connectivity index (χ1v) is 11.8. The Labute approximate surface area is 222 Å². The summed E-state index contributed by atoms with van der Waals surface area (Å²) < 4.78 is 78.2. The van der Waals surface area contributed by atoms with Gasteiger partial charge >= 0.3 is 6.18 Å². The van der Waals surface area contributed by atoms with Crippen LogP contribution in [0.15, 0.2) is 48.5 Å². The van der Waals surface area contributed by atoms with Crippen molar-refractivity contribution >= 4 is 29.1 Å². The maximum absolute atomic E-state index is 14.1. The molecule has 2 aliphatic heterocycles. The monoisotopic (exact) mass is 568 g/mol. The fourth-order valence-electron chi connectivity index (χ4n) is 4.28. The molecular weight excluding hydrogens is 551 g/mol. The Bertz CT molecular complexity index is 1490. The van der Waals surface area contributed by atoms with Gasteiger partial charge in [-0.15, -0.1) is 0 Å². The standard InChI is InChI=1S/C26H18ClF5N2O5/c27-19-2-1-14(28)6-17(19)22-21-18(24(36)34-22)7-16(39-11-25(37)9-38-10-25)8-20(21)33-23(35)12-3-13(26(30,31)32)5-15(29)4-12/h1-8,22,37H,9-11H2,(H,33,35)(H,34,36). The summed E-state index contributed by atoms with van der Waals surface area (Å²) in [4.78, 5) is 26.0. The summed E-state index contributed by atoms with van der Waals surface area (Å²) >= 11 is 6.26. The molecule has 0 aliphatic carbocycles. The van der Waals surface area contributed by atoms with Gasteiger partial charge in [-0.05, 0) is 42.5 Å². The van der Waals surface area contributed by atoms with E-state index in [9.17, 15) is 36.6 Å². The number of fused-ring (bicyclic) bond motifs is 1. The number of nitrogens with one attached hydrogen (secondary N) is 2. The Morgan fingerprint density at radius 3 is 2.54 bits per heavy atom. The van der Waals surface area contributed by atoms with Crippen LogP contribution in [0.1, 0.15) is 43.4 Å². The Morgan fingerprint density at radius 2 is 1.87 bits per heavy atom. The minimum atomic E-state index is -4.91. The summed E-state index contributed by atoms with van der Waals surface area (Å²) in [5.74, 6) is -3.66. The molecule has 1 fully saturated rings. The zero-order chi connectivity index (χ0) is 28.1. The molecule has 1 atom stereocenters. The molecule has 1 unspecified atom stereocenters. The summed E-state index contributed by atoms with van der Waals surface area (Å²) in [6.07, 6.45) is -4.91. The van der Waals surface area contributed by atoms with E-state index in [2.05, 4.69) is 10.6 Å². The van der Waals surface area contributed by atoms with Gasteiger partial charge < -0.3 is 25.2 Å². The van der Waals surface area contributed by atoms with Gasteiger partial charge in [-0.1, -0.05) is 11.6 Å². The lowest BCUT2D eigenvalue weighted by Crippen LogP contribution is -2.53. The smallest absolute Gasteiger partial charge is 0.416 e. The van der Waals surface area contributed by atoms with Crippen LogP contribution in [0, 0.1) is 11.6 Å². The van der Waals surface area contributed by atoms with E-state index in [-0.39, 0.29) is 59.0 Å². The number of amides is 2. The third-order valence-corrected chi connectivity index (χ3v) is 6.56. The first-order chi connectivity index (χ1) is 18.3. The summed E-state index contributed by atoms with van der Waals surface area (Å²) in [5.41, 5.74) is -3.08. The lowest BCUT2D eigenvalue weighted by molar-refractivity contribution is -0.192. The molecule has 0 bridgehead atoms. The molecule has 1 saturated heterocycles. The molecule has 3 aromatic rings. The minimum Gasteiger partial charge on any atom is -0.490 e. The van der Waals surface area contributed by atoms with E-state index in [1.807, 2.05) is 0 Å². The fourth-order valence-corrected chi connectivity index (χ4v) is 4.51. The quantitative estimate of drug-likeness (QED) is 0.369. The Balaban J connectivity index is 1.57. The van der Waals surface area contributed by atoms with Crippen LogP contribution in [-0.4, -0.2) is 42.3 Å². The Kier molecular flexibility index (Phi) is 6.73. The predicted octanol–water partition coefficient (Wildman–Crippen LogP) is 4.86. The van der Waals surface area contributed by atoms with Crippen molar-refractivity contribution in [2.24, 2.45) is 0 Å². The highest BCUT2D eigenvalue weighted by Crippen LogP contribution is 2.42. The van der Waals surface area contributed by atoms with Gasteiger partial charge in [-0.25, -0.2) is 8.78 Å². The number of benzene rings is 3. The SMILES string of the molecule is O=C(Nc1cc(OCC2(O)COC2)cc2c1C(c1cc(F)ccc1Cl)NC2=O)c1cc(F)cc(C(F)(F)F)c1. The Hall–Kier alpha value is -3.74. The second-order valence-corrected chi connectivity index (χ2v) is 9.60. The average Bonchev–Trinajstić information content (AvgIpc) is 3.18. The van der Waals surface area contributed by atoms with Crippen LogP contribution in [0.2, 0.25) is 5.02 Å². The number of halogens is 6. The molecule has 3 aromatic carbocycles. The van der Waals surface area contributed by atoms with Gasteiger partial charge in [0.05, 0.1) is 36.1 Å². The highest BCUT2D eigenvalue weighted by Gasteiger charge is 2.39. The number of alkyl halides is 3. The van der Waals surface area contributed by atoms with E-state index in [4.69, 9.17) is 21.1 Å². The molecule has 0 radical (unpaired) electrons. The topological polar surface area (TPSA) is 96.9 Å². The van der Waals surface area contributed by atoms with Crippen molar-refractivity contribution in [3.63, 3.8) is 0 Å². The largest absolute Gasteiger partial charge is 0.490 e. The van der Waals surface area contributed by atoms with Crippen LogP contribution < -0.4 is 15.4 Å². The molecule has 39 heavy (non-hydrogen) atoms. The van der Waals surface area contributed by atoms with Crippen LogP contribution >= 0.6 is 11.6 Å². The van der Waals surface area contributed by atoms with Crippen molar-refractivity contribution in [2.45, 2.75) is 17.8 Å². The number of carbonyl (C=O) groups excluding carboxylic acids is 2. The van der Waals surface area contributed by atoms with Crippen molar-refractivity contribution in [2.75, 3.05) is 25.1 Å². The van der Waals surface area contributed by atoms with E-state index in [1.165, 1.54) is 18.2 Å². The van der Waals surface area contributed by atoms with Crippen molar-refractivity contribution in [3.05, 3.63) is 93.0 Å². The molecule has 0 saturated carbocycles. The molecular formula is C26H18ClF5N2O5. The van der Waals surface area contributed by atoms with Crippen LogP contribution in [-0.2, 0) is 10.9 Å². The molecule has 0 aromatic heterocycles. The van der Waals surface area contributed by atoms with Gasteiger partial charge in [0.25, 0.3) is 11.8 Å². The van der Waals surface area contributed by atoms with E-state index in [0.29, 0.717) is 12.1 Å². The van der Waals surface area contributed by atoms with Crippen LogP contribution in [0.4, 0.5) is 27.6 Å². The highest BCUT2D eigenvalue weighted by atomic mass is 35.5. The minimum absolute atomic E-state index is 0.000185. The summed E-state index contributed by atoms with van der Waals surface area (Å²) in [6.45, 7) is -0.189. The highest BCUT2D eigenvalue weighted by molar-refractivity contribution is 6.31. The summed E-state index contributed by atoms with van der Waals surface area (Å²) in [7, 11) is 0. The van der Waals surface area contributed by atoms with Gasteiger partial charge in [0.1, 0.15) is 29.6 Å². The molecule has 13 heteroatoms. The van der Waals surface area contributed by atoms with Gasteiger partial charge in [-0.3, -0.25) is 9.59 Å². The third-order valence-electron chi connectivity index (χ3n) is 6.22. The molecule has 0 spiro atoms. The maximum Gasteiger partial charge on any atom is 0.416 e. The average molecular weight is 569 g/mol. The normalized spacial score (nSPS) is 17.7. The van der Waals surface area contributed by atoms with E-state index >= 15 is 0 Å². The van der Waals surface area contributed by atoms with Crippen molar-refractivity contribution < 1.29 is 46.1 Å². The molecule has 7 nitrogen and oxygen atoms in total. The fraction of sp³-hybridized carbons (Fsp3) is 0.231. The molecule has 2 amide bonds. The number of rotatable bonds is 6. The van der Waals surface area contributed by atoms with Gasteiger partial charge in [0, 0.05) is 27.8 Å². The van der Waals surface area contributed by atoms with Crippen molar-refractivity contribution in [1.82, 2.24) is 5.32 Å². The number of carbonyl (C=O) groups is 2. The number of ether oxygens (including phenoxy) is 2. The molecule has 3 N–H and O–H groups in total. The molecule has 2 aliphatic rings. The molecule has 204 valence electrons. The van der Waals surface area contributed by atoms with E-state index in [1.54, 1.807) is 0 Å². The molecule has 2 heterocycles. The maximum atomic E-state index is 14.1. The lowest BCUT2D eigenvalue weighted by Gasteiger charge is -2.35. The zero-order valence-corrected chi connectivity index (χ0v) is 20.4. The number of anilines is 1. The third kappa shape index (κ3) is 5.40. The van der Waals surface area contributed by atoms with Crippen LogP contribution in [0.25, 0.3) is 0 Å². The molecule has 5 rings (SSSR count). The predicted molar refractivity (Wildman–Crippen MR) is 128 cm³/mol. The van der Waals surface area contributed by atoms with Crippen LogP contribution in [0.5, 0.6) is 5.75 Å². The van der Waals surface area contributed by atoms with Gasteiger partial charge in [-0.2, -0.15) is 13.2 Å². The summed E-state index contributed by atoms with van der Waals surface area (Å²) in [5, 5.41) is 15.4. The zero-order valence-electron chi connectivity index (χ0n) is 19.7. The van der Waals surface area contributed by atoms with Gasteiger partial charge in [0.2, 0.25) is 0 Å². The van der Waals surface area contributed by atoms with E-state index in [0.717, 1.165) is 12.1 Å². The first-order valence-electron chi connectivity index (χ1n) is 11.4. The Morgan fingerprint density at radius 1 is 1.13 bits per heavy atom.